The molecule has 174 valence electrons. The third-order valence-corrected chi connectivity index (χ3v) is 4.62. The van der Waals surface area contributed by atoms with Crippen molar-refractivity contribution in [1.82, 2.24) is 10.6 Å². The van der Waals surface area contributed by atoms with Crippen LogP contribution >= 0.6 is 0 Å². The highest BCUT2D eigenvalue weighted by Crippen LogP contribution is 2.39. The number of carbonyl (C=O) groups is 4. The lowest BCUT2D eigenvalue weighted by Gasteiger charge is -2.47. The zero-order valence-corrected chi connectivity index (χ0v) is 17.0. The van der Waals surface area contributed by atoms with Crippen LogP contribution in [-0.2, 0) is 38.1 Å². The van der Waals surface area contributed by atoms with Gasteiger partial charge >= 0.3 is 23.8 Å². The van der Waals surface area contributed by atoms with Crippen molar-refractivity contribution in [2.45, 2.75) is 69.6 Å². The molecule has 1 amide bonds. The van der Waals surface area contributed by atoms with Crippen LogP contribution in [0.3, 0.4) is 0 Å². The quantitative estimate of drug-likeness (QED) is 0.168. The second kappa shape index (κ2) is 9.41. The maximum Gasteiger partial charge on any atom is 0.375 e. The molecule has 2 fully saturated rings. The molecule has 2 aliphatic heterocycles. The molecule has 7 atom stereocenters. The van der Waals surface area contributed by atoms with Crippen LogP contribution in [0.5, 0.6) is 0 Å². The van der Waals surface area contributed by atoms with Gasteiger partial charge in [-0.25, -0.2) is 9.18 Å². The zero-order valence-electron chi connectivity index (χ0n) is 17.0. The van der Waals surface area contributed by atoms with Crippen molar-refractivity contribution in [1.29, 1.82) is 5.41 Å². The number of esters is 3. The number of guanidine groups is 1. The first-order valence-corrected chi connectivity index (χ1v) is 9.33. The average molecular weight is 450 g/mol. The smallest absolute Gasteiger partial charge is 0.375 e. The molecule has 0 saturated carbocycles. The van der Waals surface area contributed by atoms with Crippen LogP contribution in [0.2, 0.25) is 0 Å². The predicted octanol–water partition coefficient (Wildman–Crippen LogP) is -1.44. The van der Waals surface area contributed by atoms with Crippen molar-refractivity contribution in [3.8, 4) is 0 Å². The van der Waals surface area contributed by atoms with Crippen LogP contribution in [0.15, 0.2) is 0 Å². The van der Waals surface area contributed by atoms with Crippen LogP contribution < -0.4 is 16.4 Å². The highest BCUT2D eigenvalue weighted by Gasteiger charge is 2.65. The summed E-state index contributed by atoms with van der Waals surface area (Å²) in [6.45, 7) is 3.08. The summed E-state index contributed by atoms with van der Waals surface area (Å²) >= 11 is 0. The molecule has 2 saturated heterocycles. The molecule has 0 spiro atoms. The fraction of sp³-hybridized carbons (Fsp3) is 0.706. The van der Waals surface area contributed by atoms with E-state index in [0.29, 0.717) is 0 Å². The number of hydrogen-bond donors (Lipinski definition) is 4. The summed E-state index contributed by atoms with van der Waals surface area (Å²) in [6.07, 6.45) is -8.09. The Balaban J connectivity index is 2.59. The molecular formula is C17H24F2N4O8. The first-order chi connectivity index (χ1) is 14.4. The van der Waals surface area contributed by atoms with Crippen molar-refractivity contribution < 1.29 is 46.9 Å². The second-order valence-corrected chi connectivity index (χ2v) is 6.95. The lowest BCUT2D eigenvalue weighted by molar-refractivity contribution is -0.279. The van der Waals surface area contributed by atoms with Crippen molar-refractivity contribution in [3.63, 3.8) is 0 Å². The van der Waals surface area contributed by atoms with Gasteiger partial charge in [-0.1, -0.05) is 0 Å². The van der Waals surface area contributed by atoms with Crippen molar-refractivity contribution in [2.24, 2.45) is 5.73 Å². The summed E-state index contributed by atoms with van der Waals surface area (Å²) in [5.41, 5.74) is 5.27. The number of nitrogens with one attached hydrogen (secondary N) is 3. The summed E-state index contributed by atoms with van der Waals surface area (Å²) in [5.74, 6) is -8.74. The summed E-state index contributed by atoms with van der Waals surface area (Å²) in [4.78, 5) is 47.8. The summed E-state index contributed by atoms with van der Waals surface area (Å²) in [5, 5.41) is 11.9. The normalized spacial score (nSPS) is 34.9. The Morgan fingerprint density at radius 2 is 1.94 bits per heavy atom. The molecule has 12 nitrogen and oxygen atoms in total. The summed E-state index contributed by atoms with van der Waals surface area (Å²) < 4.78 is 50.6. The van der Waals surface area contributed by atoms with E-state index in [1.165, 1.54) is 6.92 Å². The molecule has 5 N–H and O–H groups in total. The highest BCUT2D eigenvalue weighted by atomic mass is 19.2. The van der Waals surface area contributed by atoms with Crippen molar-refractivity contribution >= 4 is 29.8 Å². The van der Waals surface area contributed by atoms with Gasteiger partial charge < -0.3 is 35.3 Å². The maximum atomic E-state index is 15.6. The second-order valence-electron chi connectivity index (χ2n) is 6.95. The van der Waals surface area contributed by atoms with Gasteiger partial charge in [-0.2, -0.15) is 4.39 Å². The Bertz CT molecular complexity index is 768. The van der Waals surface area contributed by atoms with Gasteiger partial charge in [0.05, 0.1) is 25.1 Å². The molecule has 0 aromatic carbocycles. The minimum atomic E-state index is -3.71. The molecule has 14 heteroatoms. The van der Waals surface area contributed by atoms with Crippen LogP contribution in [0.4, 0.5) is 8.78 Å². The Labute approximate surface area is 175 Å². The van der Waals surface area contributed by atoms with E-state index in [1.807, 2.05) is 0 Å². The number of amides is 1. The fourth-order valence-electron chi connectivity index (χ4n) is 3.54. The minimum absolute atomic E-state index is 0.306. The van der Waals surface area contributed by atoms with E-state index in [-0.39, 0.29) is 6.61 Å². The first-order valence-electron chi connectivity index (χ1n) is 9.33. The molecule has 4 unspecified atom stereocenters. The van der Waals surface area contributed by atoms with Crippen LogP contribution in [0.1, 0.15) is 27.2 Å². The molecule has 0 aliphatic carbocycles. The number of halogens is 2. The van der Waals surface area contributed by atoms with Gasteiger partial charge in [0, 0.05) is 13.8 Å². The van der Waals surface area contributed by atoms with E-state index >= 15 is 8.78 Å². The van der Waals surface area contributed by atoms with Gasteiger partial charge in [-0.15, -0.1) is 0 Å². The van der Waals surface area contributed by atoms with Crippen LogP contribution in [0.25, 0.3) is 0 Å². The molecule has 0 aromatic rings. The Morgan fingerprint density at radius 3 is 2.45 bits per heavy atom. The Kier molecular flexibility index (Phi) is 7.36. The topological polar surface area (TPSA) is 179 Å². The number of fused-ring (bicyclic) bond motifs is 1. The molecule has 2 heterocycles. The monoisotopic (exact) mass is 450 g/mol. The van der Waals surface area contributed by atoms with Gasteiger partial charge in [-0.3, -0.25) is 19.8 Å². The van der Waals surface area contributed by atoms with Crippen LogP contribution in [-0.4, -0.2) is 78.8 Å². The number of carbonyl (C=O) groups excluding carboxylic acids is 4. The molecule has 2 rings (SSSR count). The highest BCUT2D eigenvalue weighted by molar-refractivity contribution is 5.81. The average Bonchev–Trinajstić information content (AvgIpc) is 2.75. The Morgan fingerprint density at radius 1 is 1.32 bits per heavy atom. The van der Waals surface area contributed by atoms with Gasteiger partial charge in [-0.05, 0) is 6.92 Å². The third-order valence-electron chi connectivity index (χ3n) is 4.62. The van der Waals surface area contributed by atoms with Gasteiger partial charge in [0.15, 0.2) is 18.2 Å². The number of ether oxygens (including phenoxy) is 4. The van der Waals surface area contributed by atoms with Crippen molar-refractivity contribution in [3.05, 3.63) is 0 Å². The molecule has 0 radical (unpaired) electrons. The minimum Gasteiger partial charge on any atom is -0.462 e. The molecule has 0 aromatic heterocycles. The zero-order chi connectivity index (χ0) is 23.5. The molecule has 31 heavy (non-hydrogen) atoms. The van der Waals surface area contributed by atoms with E-state index in [9.17, 15) is 19.2 Å². The maximum absolute atomic E-state index is 15.6. The van der Waals surface area contributed by atoms with E-state index in [4.69, 9.17) is 25.4 Å². The van der Waals surface area contributed by atoms with E-state index in [0.717, 1.165) is 13.8 Å². The fourth-order valence-corrected chi connectivity index (χ4v) is 3.54. The van der Waals surface area contributed by atoms with E-state index in [2.05, 4.69) is 15.4 Å². The molecule has 0 bridgehead atoms. The van der Waals surface area contributed by atoms with E-state index in [1.54, 1.807) is 0 Å². The number of hydrogen-bond acceptors (Lipinski definition) is 9. The lowest BCUT2D eigenvalue weighted by atomic mass is 9.86. The van der Waals surface area contributed by atoms with E-state index < -0.39 is 78.6 Å². The molecule has 2 aliphatic rings. The van der Waals surface area contributed by atoms with Gasteiger partial charge in [0.1, 0.15) is 12.2 Å². The largest absolute Gasteiger partial charge is 0.462 e. The van der Waals surface area contributed by atoms with Gasteiger partial charge in [0.2, 0.25) is 5.91 Å². The Hall–Kier alpha value is -3.03. The van der Waals surface area contributed by atoms with Gasteiger partial charge in [0.25, 0.3) is 0 Å². The number of nitrogens with two attached hydrogens (primary N) is 1. The predicted molar refractivity (Wildman–Crippen MR) is 96.7 cm³/mol. The van der Waals surface area contributed by atoms with Crippen LogP contribution in [0, 0.1) is 5.41 Å². The number of rotatable bonds is 5. The number of alkyl halides is 2. The molecular weight excluding hydrogens is 426 g/mol. The summed E-state index contributed by atoms with van der Waals surface area (Å²) in [7, 11) is 0. The third kappa shape index (κ3) is 5.18. The SMILES string of the molecule is CCOC(=O)[C@]1(F)OC2C(NC(=O)C[C@@H](OC(C)=O)[C@H]2OC(C)=O)C(NC(=N)N)C1F. The standard InChI is InChI=1S/C17H24F2N4O8/c1-4-28-15(27)17(19)14(18)11(23-16(20)21)10-13(31-17)12(30-7(3)25)8(29-6(2)24)5-9(26)22-10/h8,10-14H,4-5H2,1-3H3,(H,22,26)(H4,20,21,23)/t8-,10?,11?,12-,13?,14?,17-/m1/s1. The first kappa shape index (κ1) is 24.2. The van der Waals surface area contributed by atoms with Crippen molar-refractivity contribution in [2.75, 3.05) is 6.61 Å². The summed E-state index contributed by atoms with van der Waals surface area (Å²) in [6, 6.07) is -3.28. The lowest BCUT2D eigenvalue weighted by Crippen LogP contribution is -2.74.